The lowest BCUT2D eigenvalue weighted by atomic mass is 10.1. The third kappa shape index (κ3) is 5.56. The van der Waals surface area contributed by atoms with Gasteiger partial charge in [0, 0.05) is 25.7 Å². The summed E-state index contributed by atoms with van der Waals surface area (Å²) in [6.45, 7) is 6.97. The van der Waals surface area contributed by atoms with Crippen molar-refractivity contribution in [3.63, 3.8) is 0 Å². The molecule has 0 radical (unpaired) electrons. The molecule has 0 N–H and O–H groups in total. The second kappa shape index (κ2) is 6.20. The maximum absolute atomic E-state index is 12.5. The van der Waals surface area contributed by atoms with Crippen LogP contribution in [-0.4, -0.2) is 59.9 Å². The Hall–Kier alpha value is -0.980. The van der Waals surface area contributed by atoms with Crippen LogP contribution >= 0.6 is 0 Å². The fourth-order valence-corrected chi connectivity index (χ4v) is 2.21. The molecule has 0 unspecified atom stereocenters. The van der Waals surface area contributed by atoms with Gasteiger partial charge in [-0.1, -0.05) is 6.92 Å². The van der Waals surface area contributed by atoms with E-state index < -0.39 is 24.4 Å². The standard InChI is InChI=1S/C13H23F3N2O2/c1-5-10-8-17(11(19)20-12(2,3)4)6-7-18(10)9-13(14,15)16/h10H,5-9H2,1-4H3/t10-/m0/s1. The first-order valence-corrected chi connectivity index (χ1v) is 6.80. The number of rotatable bonds is 2. The monoisotopic (exact) mass is 296 g/mol. The number of amides is 1. The van der Waals surface area contributed by atoms with Gasteiger partial charge in [0.2, 0.25) is 0 Å². The lowest BCUT2D eigenvalue weighted by Crippen LogP contribution is -2.57. The van der Waals surface area contributed by atoms with Crippen molar-refractivity contribution in [1.29, 1.82) is 0 Å². The van der Waals surface area contributed by atoms with Gasteiger partial charge in [0.15, 0.2) is 0 Å². The molecule has 1 atom stereocenters. The molecule has 4 nitrogen and oxygen atoms in total. The Morgan fingerprint density at radius 2 is 1.85 bits per heavy atom. The zero-order chi connectivity index (χ0) is 15.6. The van der Waals surface area contributed by atoms with Crippen LogP contribution in [0.1, 0.15) is 34.1 Å². The molecule has 1 heterocycles. The summed E-state index contributed by atoms with van der Waals surface area (Å²) < 4.78 is 42.7. The van der Waals surface area contributed by atoms with E-state index >= 15 is 0 Å². The van der Waals surface area contributed by atoms with Crippen LogP contribution in [0.25, 0.3) is 0 Å². The topological polar surface area (TPSA) is 32.8 Å². The first kappa shape index (κ1) is 17.1. The SMILES string of the molecule is CC[C@H]1CN(C(=O)OC(C)(C)C)CCN1CC(F)(F)F. The highest BCUT2D eigenvalue weighted by Crippen LogP contribution is 2.22. The molecule has 0 spiro atoms. The van der Waals surface area contributed by atoms with Gasteiger partial charge in [-0.05, 0) is 27.2 Å². The van der Waals surface area contributed by atoms with Gasteiger partial charge < -0.3 is 9.64 Å². The first-order chi connectivity index (χ1) is 9.02. The lowest BCUT2D eigenvalue weighted by Gasteiger charge is -2.41. The van der Waals surface area contributed by atoms with Gasteiger partial charge in [-0.15, -0.1) is 0 Å². The highest BCUT2D eigenvalue weighted by Gasteiger charge is 2.37. The normalized spacial score (nSPS) is 21.9. The zero-order valence-electron chi connectivity index (χ0n) is 12.5. The van der Waals surface area contributed by atoms with Crippen LogP contribution < -0.4 is 0 Å². The first-order valence-electron chi connectivity index (χ1n) is 6.80. The van der Waals surface area contributed by atoms with Gasteiger partial charge in [0.1, 0.15) is 5.60 Å². The van der Waals surface area contributed by atoms with Crippen LogP contribution in [0, 0.1) is 0 Å². The minimum Gasteiger partial charge on any atom is -0.444 e. The largest absolute Gasteiger partial charge is 0.444 e. The molecule has 0 aromatic heterocycles. The fourth-order valence-electron chi connectivity index (χ4n) is 2.21. The Kier molecular flexibility index (Phi) is 5.29. The van der Waals surface area contributed by atoms with Crippen molar-refractivity contribution in [3.8, 4) is 0 Å². The number of nitrogens with zero attached hydrogens (tertiary/aromatic N) is 2. The third-order valence-corrected chi connectivity index (χ3v) is 3.11. The van der Waals surface area contributed by atoms with E-state index in [1.165, 1.54) is 9.80 Å². The maximum Gasteiger partial charge on any atom is 0.410 e. The Morgan fingerprint density at radius 3 is 2.30 bits per heavy atom. The molecule has 0 aromatic rings. The molecule has 0 saturated carbocycles. The number of alkyl halides is 3. The summed E-state index contributed by atoms with van der Waals surface area (Å²) in [5.74, 6) is 0. The molecule has 1 fully saturated rings. The van der Waals surface area contributed by atoms with Crippen LogP contribution in [-0.2, 0) is 4.74 Å². The number of carbonyl (C=O) groups is 1. The van der Waals surface area contributed by atoms with Crippen molar-refractivity contribution in [1.82, 2.24) is 9.80 Å². The summed E-state index contributed by atoms with van der Waals surface area (Å²) >= 11 is 0. The number of piperazine rings is 1. The van der Waals surface area contributed by atoms with Crippen LogP contribution in [0.5, 0.6) is 0 Å². The van der Waals surface area contributed by atoms with E-state index in [0.29, 0.717) is 6.42 Å². The molecule has 1 aliphatic heterocycles. The Balaban J connectivity index is 2.61. The van der Waals surface area contributed by atoms with Crippen LogP contribution in [0.15, 0.2) is 0 Å². The molecule has 1 amide bonds. The number of hydrogen-bond donors (Lipinski definition) is 0. The van der Waals surface area contributed by atoms with Gasteiger partial charge >= 0.3 is 12.3 Å². The van der Waals surface area contributed by atoms with Crippen LogP contribution in [0.3, 0.4) is 0 Å². The van der Waals surface area contributed by atoms with E-state index in [1.807, 2.05) is 6.92 Å². The number of hydrogen-bond acceptors (Lipinski definition) is 3. The molecule has 1 saturated heterocycles. The van der Waals surface area contributed by atoms with Crippen molar-refractivity contribution in [2.45, 2.75) is 51.9 Å². The van der Waals surface area contributed by atoms with Crippen molar-refractivity contribution in [2.24, 2.45) is 0 Å². The lowest BCUT2D eigenvalue weighted by molar-refractivity contribution is -0.155. The summed E-state index contributed by atoms with van der Waals surface area (Å²) in [5.41, 5.74) is -0.595. The van der Waals surface area contributed by atoms with Gasteiger partial charge in [-0.2, -0.15) is 13.2 Å². The minimum atomic E-state index is -4.21. The molecule has 0 bridgehead atoms. The summed E-state index contributed by atoms with van der Waals surface area (Å²) in [4.78, 5) is 14.8. The summed E-state index contributed by atoms with van der Waals surface area (Å²) in [6.07, 6.45) is -4.10. The highest BCUT2D eigenvalue weighted by molar-refractivity contribution is 5.68. The fraction of sp³-hybridized carbons (Fsp3) is 0.923. The van der Waals surface area contributed by atoms with Crippen LogP contribution in [0.4, 0.5) is 18.0 Å². The Labute approximate surface area is 117 Å². The van der Waals surface area contributed by atoms with E-state index in [-0.39, 0.29) is 25.7 Å². The summed E-state index contributed by atoms with van der Waals surface area (Å²) in [6, 6.07) is -0.280. The van der Waals surface area contributed by atoms with Crippen molar-refractivity contribution in [2.75, 3.05) is 26.2 Å². The van der Waals surface area contributed by atoms with Crippen molar-refractivity contribution in [3.05, 3.63) is 0 Å². The number of carbonyl (C=O) groups excluding carboxylic acids is 1. The molecule has 1 aliphatic rings. The van der Waals surface area contributed by atoms with E-state index in [9.17, 15) is 18.0 Å². The average molecular weight is 296 g/mol. The van der Waals surface area contributed by atoms with E-state index in [0.717, 1.165) is 0 Å². The predicted octanol–water partition coefficient (Wildman–Crippen LogP) is 2.88. The maximum atomic E-state index is 12.5. The van der Waals surface area contributed by atoms with Crippen LogP contribution in [0.2, 0.25) is 0 Å². The van der Waals surface area contributed by atoms with Crippen molar-refractivity contribution >= 4 is 6.09 Å². The Bertz CT molecular complexity index is 339. The average Bonchev–Trinajstić information content (AvgIpc) is 2.25. The van der Waals surface area contributed by atoms with Gasteiger partial charge in [-0.3, -0.25) is 4.90 Å². The van der Waals surface area contributed by atoms with Gasteiger partial charge in [0.05, 0.1) is 6.54 Å². The van der Waals surface area contributed by atoms with E-state index in [4.69, 9.17) is 4.74 Å². The second-order valence-corrected chi connectivity index (χ2v) is 6.07. The number of halogens is 3. The Morgan fingerprint density at radius 1 is 1.25 bits per heavy atom. The molecular weight excluding hydrogens is 273 g/mol. The van der Waals surface area contributed by atoms with E-state index in [2.05, 4.69) is 0 Å². The third-order valence-electron chi connectivity index (χ3n) is 3.11. The molecule has 7 heteroatoms. The number of ether oxygens (including phenoxy) is 1. The molecule has 1 rings (SSSR count). The molecule has 118 valence electrons. The van der Waals surface area contributed by atoms with E-state index in [1.54, 1.807) is 20.8 Å². The van der Waals surface area contributed by atoms with Gasteiger partial charge in [-0.25, -0.2) is 4.79 Å². The summed E-state index contributed by atoms with van der Waals surface area (Å²) in [5, 5.41) is 0. The summed E-state index contributed by atoms with van der Waals surface area (Å²) in [7, 11) is 0. The quantitative estimate of drug-likeness (QED) is 0.785. The smallest absolute Gasteiger partial charge is 0.410 e. The second-order valence-electron chi connectivity index (χ2n) is 6.07. The predicted molar refractivity (Wildman–Crippen MR) is 69.5 cm³/mol. The zero-order valence-corrected chi connectivity index (χ0v) is 12.5. The molecule has 20 heavy (non-hydrogen) atoms. The molecular formula is C13H23F3N2O2. The van der Waals surface area contributed by atoms with Gasteiger partial charge in [0.25, 0.3) is 0 Å². The minimum absolute atomic E-state index is 0.220. The molecule has 0 aromatic carbocycles. The van der Waals surface area contributed by atoms with Crippen molar-refractivity contribution < 1.29 is 22.7 Å². The highest BCUT2D eigenvalue weighted by atomic mass is 19.4. The molecule has 0 aliphatic carbocycles.